The van der Waals surface area contributed by atoms with Gasteiger partial charge in [-0.2, -0.15) is 13.2 Å². The topological polar surface area (TPSA) is 85.6 Å². The zero-order chi connectivity index (χ0) is 17.3. The van der Waals surface area contributed by atoms with Gasteiger partial charge < -0.3 is 4.90 Å². The second kappa shape index (κ2) is 6.21. The molecule has 2 aromatic heterocycles. The van der Waals surface area contributed by atoms with Crippen molar-refractivity contribution >= 4 is 11.6 Å². The van der Waals surface area contributed by atoms with Crippen molar-refractivity contribution in [1.82, 2.24) is 15.0 Å². The highest BCUT2D eigenvalue weighted by molar-refractivity contribution is 5.42. The summed E-state index contributed by atoms with van der Waals surface area (Å²) in [6, 6.07) is 2.53. The van der Waals surface area contributed by atoms with E-state index in [1.54, 1.807) is 0 Å². The average molecular weight is 341 g/mol. The van der Waals surface area contributed by atoms with E-state index in [1.807, 2.05) is 4.90 Å². The average Bonchev–Trinajstić information content (AvgIpc) is 3.37. The maximum Gasteiger partial charge on any atom is 0.433 e. The minimum Gasteiger partial charge on any atom is -0.333 e. The van der Waals surface area contributed by atoms with Crippen LogP contribution in [0.2, 0.25) is 0 Å². The van der Waals surface area contributed by atoms with Gasteiger partial charge in [-0.3, -0.25) is 15.4 Å². The highest BCUT2D eigenvalue weighted by Gasteiger charge is 2.33. The predicted molar refractivity (Wildman–Crippen MR) is 76.5 cm³/mol. The Morgan fingerprint density at radius 2 is 1.71 bits per heavy atom. The molecule has 1 aliphatic carbocycles. The summed E-state index contributed by atoms with van der Waals surface area (Å²) in [5.74, 6) is 0.364. The number of aromatic nitrogens is 3. The fraction of sp³-hybridized carbons (Fsp3) is 0.357. The van der Waals surface area contributed by atoms with Crippen molar-refractivity contribution in [1.29, 1.82) is 0 Å². The second-order valence-electron chi connectivity index (χ2n) is 5.44. The van der Waals surface area contributed by atoms with Crippen LogP contribution in [-0.2, 0) is 12.7 Å². The fourth-order valence-corrected chi connectivity index (χ4v) is 2.20. The van der Waals surface area contributed by atoms with E-state index in [0.29, 0.717) is 18.1 Å². The summed E-state index contributed by atoms with van der Waals surface area (Å²) in [4.78, 5) is 13.4. The van der Waals surface area contributed by atoms with Crippen LogP contribution in [0, 0.1) is 0 Å². The lowest BCUT2D eigenvalue weighted by molar-refractivity contribution is -0.141. The van der Waals surface area contributed by atoms with Crippen LogP contribution in [0.4, 0.5) is 24.8 Å². The molecule has 0 atom stereocenters. The van der Waals surface area contributed by atoms with Gasteiger partial charge in [-0.15, -0.1) is 5.23 Å². The normalized spacial score (nSPS) is 14.5. The van der Waals surface area contributed by atoms with Gasteiger partial charge in [0.1, 0.15) is 11.4 Å². The molecule has 2 heterocycles. The van der Waals surface area contributed by atoms with Crippen molar-refractivity contribution in [3.63, 3.8) is 0 Å². The molecule has 7 nitrogen and oxygen atoms in total. The molecule has 0 aliphatic heterocycles. The van der Waals surface area contributed by atoms with E-state index in [2.05, 4.69) is 15.0 Å². The van der Waals surface area contributed by atoms with Crippen LogP contribution < -0.4 is 10.1 Å². The Morgan fingerprint density at radius 3 is 2.17 bits per heavy atom. The largest absolute Gasteiger partial charge is 0.433 e. The van der Waals surface area contributed by atoms with Gasteiger partial charge in [0.15, 0.2) is 0 Å². The van der Waals surface area contributed by atoms with Gasteiger partial charge >= 0.3 is 6.18 Å². The monoisotopic (exact) mass is 341 g/mol. The molecule has 0 radical (unpaired) electrons. The van der Waals surface area contributed by atoms with Crippen molar-refractivity contribution in [2.24, 2.45) is 0 Å². The third-order valence-electron chi connectivity index (χ3n) is 3.57. The summed E-state index contributed by atoms with van der Waals surface area (Å²) in [6.45, 7) is 0.317. The molecule has 10 heteroatoms. The summed E-state index contributed by atoms with van der Waals surface area (Å²) >= 11 is 0. The summed E-state index contributed by atoms with van der Waals surface area (Å²) < 4.78 is 37.7. The summed E-state index contributed by atoms with van der Waals surface area (Å²) in [5.41, 5.74) is -0.324. The molecule has 2 N–H and O–H groups in total. The number of halogens is 3. The fourth-order valence-electron chi connectivity index (χ4n) is 2.20. The molecule has 128 valence electrons. The second-order valence-corrected chi connectivity index (χ2v) is 5.44. The Hall–Kier alpha value is -2.46. The highest BCUT2D eigenvalue weighted by atomic mass is 19.4. The van der Waals surface area contributed by atoms with Crippen molar-refractivity contribution in [2.75, 3.05) is 10.1 Å². The molecule has 0 saturated heterocycles. The van der Waals surface area contributed by atoms with E-state index in [-0.39, 0.29) is 17.0 Å². The maximum absolute atomic E-state index is 12.6. The molecule has 0 bridgehead atoms. The molecule has 0 unspecified atom stereocenters. The van der Waals surface area contributed by atoms with Gasteiger partial charge in [0.25, 0.3) is 0 Å². The molecule has 24 heavy (non-hydrogen) atoms. The van der Waals surface area contributed by atoms with Crippen LogP contribution in [0.5, 0.6) is 0 Å². The van der Waals surface area contributed by atoms with Crippen LogP contribution in [0.25, 0.3) is 0 Å². The third kappa shape index (κ3) is 3.71. The summed E-state index contributed by atoms with van der Waals surface area (Å²) in [5, 5.41) is 17.7. The number of hydrogen-bond donors (Lipinski definition) is 2. The Balaban J connectivity index is 1.77. The highest BCUT2D eigenvalue weighted by Crippen LogP contribution is 2.32. The standard InChI is InChI=1S/C14H14F3N5O2/c15-14(16,17)12-4-1-9(5-18-12)8-21(10-2-3-10)13-19-6-11(7-20-13)22(23)24/h1,4-7,10,23-24H,2-3,8H2. The van der Waals surface area contributed by atoms with Crippen LogP contribution in [0.1, 0.15) is 24.1 Å². The lowest BCUT2D eigenvalue weighted by Gasteiger charge is -2.22. The van der Waals surface area contributed by atoms with E-state index in [9.17, 15) is 13.2 Å². The van der Waals surface area contributed by atoms with E-state index >= 15 is 0 Å². The van der Waals surface area contributed by atoms with Gasteiger partial charge in [-0.25, -0.2) is 9.97 Å². The third-order valence-corrected chi connectivity index (χ3v) is 3.57. The van der Waals surface area contributed by atoms with E-state index in [1.165, 1.54) is 24.7 Å². The van der Waals surface area contributed by atoms with Gasteiger partial charge in [0.2, 0.25) is 5.95 Å². The van der Waals surface area contributed by atoms with Crippen molar-refractivity contribution in [2.45, 2.75) is 31.6 Å². The predicted octanol–water partition coefficient (Wildman–Crippen LogP) is 2.64. The zero-order valence-corrected chi connectivity index (χ0v) is 12.3. The Bertz CT molecular complexity index is 687. The lowest BCUT2D eigenvalue weighted by atomic mass is 10.2. The number of alkyl halides is 3. The minimum absolute atomic E-state index is 0.00527. The molecule has 0 spiro atoms. The first-order valence-electron chi connectivity index (χ1n) is 7.13. The smallest absolute Gasteiger partial charge is 0.333 e. The lowest BCUT2D eigenvalue weighted by Crippen LogP contribution is -2.27. The number of nitrogens with zero attached hydrogens (tertiary/aromatic N) is 5. The Morgan fingerprint density at radius 1 is 1.04 bits per heavy atom. The molecular weight excluding hydrogens is 327 g/mol. The van der Waals surface area contributed by atoms with Crippen molar-refractivity contribution < 1.29 is 23.6 Å². The zero-order valence-electron chi connectivity index (χ0n) is 12.3. The number of hydrogen-bond acceptors (Lipinski definition) is 7. The molecule has 0 amide bonds. The van der Waals surface area contributed by atoms with E-state index in [0.717, 1.165) is 18.9 Å². The van der Waals surface area contributed by atoms with Crippen LogP contribution >= 0.6 is 0 Å². The van der Waals surface area contributed by atoms with Gasteiger partial charge in [0, 0.05) is 18.8 Å². The quantitative estimate of drug-likeness (QED) is 0.809. The summed E-state index contributed by atoms with van der Waals surface area (Å²) in [6.07, 6.45) is 1.08. The first kappa shape index (κ1) is 16.4. The van der Waals surface area contributed by atoms with Gasteiger partial charge in [0.05, 0.1) is 12.4 Å². The Labute approximate surface area is 134 Å². The minimum atomic E-state index is -4.46. The first-order chi connectivity index (χ1) is 11.3. The number of rotatable bonds is 5. The maximum atomic E-state index is 12.6. The molecule has 1 fully saturated rings. The van der Waals surface area contributed by atoms with Crippen molar-refractivity contribution in [3.8, 4) is 0 Å². The first-order valence-corrected chi connectivity index (χ1v) is 7.13. The van der Waals surface area contributed by atoms with E-state index in [4.69, 9.17) is 10.4 Å². The SMILES string of the molecule is ON(O)c1cnc(N(Cc2ccc(C(F)(F)F)nc2)C2CC2)nc1. The molecule has 0 aromatic carbocycles. The molecule has 3 rings (SSSR count). The Kier molecular flexibility index (Phi) is 4.24. The molecule has 2 aromatic rings. The number of anilines is 2. The van der Waals surface area contributed by atoms with Gasteiger partial charge in [-0.05, 0) is 24.5 Å². The van der Waals surface area contributed by atoms with Gasteiger partial charge in [-0.1, -0.05) is 6.07 Å². The van der Waals surface area contributed by atoms with E-state index < -0.39 is 11.9 Å². The molecule has 1 aliphatic rings. The summed E-state index contributed by atoms with van der Waals surface area (Å²) in [7, 11) is 0. The van der Waals surface area contributed by atoms with Crippen molar-refractivity contribution in [3.05, 3.63) is 42.0 Å². The van der Waals surface area contributed by atoms with Crippen LogP contribution in [0.3, 0.4) is 0 Å². The molecule has 1 saturated carbocycles. The van der Waals surface area contributed by atoms with Crippen LogP contribution in [0.15, 0.2) is 30.7 Å². The molecular formula is C14H14F3N5O2. The van der Waals surface area contributed by atoms with Crippen LogP contribution in [-0.4, -0.2) is 31.4 Å². The number of pyridine rings is 1.